The molecule has 1 aliphatic heterocycles. The Kier molecular flexibility index (Phi) is 6.91. The van der Waals surface area contributed by atoms with Gasteiger partial charge in [0.05, 0.1) is 25.1 Å². The molecule has 0 saturated heterocycles. The Balaban J connectivity index is 1.72. The van der Waals surface area contributed by atoms with Crippen molar-refractivity contribution in [2.75, 3.05) is 23.9 Å². The minimum Gasteiger partial charge on any atom is -0.495 e. The van der Waals surface area contributed by atoms with Crippen LogP contribution in [0.2, 0.25) is 5.02 Å². The SMILES string of the molecule is CCOc1ccc(N2C(=O)C(Nc3ccccc3OC)=C(Sc3ccc(Cl)cc3)C2=O)cc1. The van der Waals surface area contributed by atoms with Crippen molar-refractivity contribution < 1.29 is 19.1 Å². The number of methoxy groups -OCH3 is 1. The predicted octanol–water partition coefficient (Wildman–Crippen LogP) is 5.74. The fourth-order valence-electron chi connectivity index (χ4n) is 3.31. The highest BCUT2D eigenvalue weighted by molar-refractivity contribution is 8.04. The van der Waals surface area contributed by atoms with Gasteiger partial charge in [-0.1, -0.05) is 35.5 Å². The molecule has 1 N–H and O–H groups in total. The molecular weight excluding hydrogens is 460 g/mol. The van der Waals surface area contributed by atoms with Gasteiger partial charge in [-0.2, -0.15) is 0 Å². The summed E-state index contributed by atoms with van der Waals surface area (Å²) in [6.07, 6.45) is 0. The second-order valence-electron chi connectivity index (χ2n) is 6.96. The fourth-order valence-corrected chi connectivity index (χ4v) is 4.36. The standard InChI is InChI=1S/C25H21ClN2O4S/c1-3-32-18-12-10-17(11-13-18)28-24(29)22(27-20-6-4-5-7-21(20)31-2)23(25(28)30)33-19-14-8-16(26)9-15-19/h4-15,27H,3H2,1-2H3. The lowest BCUT2D eigenvalue weighted by atomic mass is 10.2. The van der Waals surface area contributed by atoms with Gasteiger partial charge in [-0.15, -0.1) is 0 Å². The topological polar surface area (TPSA) is 67.9 Å². The average molecular weight is 481 g/mol. The number of benzene rings is 3. The van der Waals surface area contributed by atoms with Crippen molar-refractivity contribution in [1.29, 1.82) is 0 Å². The molecule has 1 heterocycles. The Hall–Kier alpha value is -3.42. The third kappa shape index (κ3) is 4.84. The summed E-state index contributed by atoms with van der Waals surface area (Å²) in [5.74, 6) is 0.352. The molecule has 168 valence electrons. The zero-order valence-corrected chi connectivity index (χ0v) is 19.6. The van der Waals surface area contributed by atoms with Crippen molar-refractivity contribution in [3.63, 3.8) is 0 Å². The Morgan fingerprint density at radius 2 is 1.64 bits per heavy atom. The summed E-state index contributed by atoms with van der Waals surface area (Å²) in [4.78, 5) is 29.1. The van der Waals surface area contributed by atoms with E-state index in [0.717, 1.165) is 9.80 Å². The minimum atomic E-state index is -0.452. The molecule has 8 heteroatoms. The normalized spacial score (nSPS) is 13.5. The summed E-state index contributed by atoms with van der Waals surface area (Å²) in [6.45, 7) is 2.42. The smallest absolute Gasteiger partial charge is 0.283 e. The van der Waals surface area contributed by atoms with Gasteiger partial charge in [0.1, 0.15) is 22.1 Å². The quantitative estimate of drug-likeness (QED) is 0.415. The molecule has 0 bridgehead atoms. The van der Waals surface area contributed by atoms with Crippen molar-refractivity contribution in [3.05, 3.63) is 88.4 Å². The van der Waals surface area contributed by atoms with Gasteiger partial charge < -0.3 is 14.8 Å². The molecule has 33 heavy (non-hydrogen) atoms. The van der Waals surface area contributed by atoms with Crippen molar-refractivity contribution in [2.24, 2.45) is 0 Å². The maximum absolute atomic E-state index is 13.5. The predicted molar refractivity (Wildman–Crippen MR) is 131 cm³/mol. The molecule has 0 saturated carbocycles. The van der Waals surface area contributed by atoms with Crippen LogP contribution in [0.5, 0.6) is 11.5 Å². The van der Waals surface area contributed by atoms with E-state index in [0.29, 0.717) is 34.5 Å². The summed E-state index contributed by atoms with van der Waals surface area (Å²) >= 11 is 7.20. The van der Waals surface area contributed by atoms with Gasteiger partial charge in [0, 0.05) is 9.92 Å². The Morgan fingerprint density at radius 1 is 0.939 bits per heavy atom. The molecule has 2 amide bonds. The number of carbonyl (C=O) groups is 2. The number of nitrogens with one attached hydrogen (secondary N) is 1. The third-order valence-corrected chi connectivity index (χ3v) is 6.19. The first-order valence-electron chi connectivity index (χ1n) is 10.2. The van der Waals surface area contributed by atoms with Gasteiger partial charge in [0.15, 0.2) is 0 Å². The summed E-state index contributed by atoms with van der Waals surface area (Å²) in [7, 11) is 1.55. The highest BCUT2D eigenvalue weighted by atomic mass is 35.5. The lowest BCUT2D eigenvalue weighted by molar-refractivity contribution is -0.120. The molecule has 3 aromatic carbocycles. The number of hydrogen-bond donors (Lipinski definition) is 1. The number of imide groups is 1. The van der Waals surface area contributed by atoms with Gasteiger partial charge in [-0.05, 0) is 67.6 Å². The number of ether oxygens (including phenoxy) is 2. The minimum absolute atomic E-state index is 0.179. The maximum Gasteiger partial charge on any atom is 0.283 e. The van der Waals surface area contributed by atoms with Crippen LogP contribution in [-0.4, -0.2) is 25.5 Å². The van der Waals surface area contributed by atoms with Crippen molar-refractivity contribution in [2.45, 2.75) is 11.8 Å². The van der Waals surface area contributed by atoms with E-state index < -0.39 is 11.8 Å². The monoisotopic (exact) mass is 480 g/mol. The van der Waals surface area contributed by atoms with E-state index in [9.17, 15) is 9.59 Å². The summed E-state index contributed by atoms with van der Waals surface area (Å²) < 4.78 is 10.9. The highest BCUT2D eigenvalue weighted by Crippen LogP contribution is 2.39. The number of hydrogen-bond acceptors (Lipinski definition) is 6. The lowest BCUT2D eigenvalue weighted by Crippen LogP contribution is -2.32. The zero-order chi connectivity index (χ0) is 23.4. The number of nitrogens with zero attached hydrogens (tertiary/aromatic N) is 1. The molecule has 4 rings (SSSR count). The van der Waals surface area contributed by atoms with E-state index in [4.69, 9.17) is 21.1 Å². The van der Waals surface area contributed by atoms with E-state index in [2.05, 4.69) is 5.32 Å². The lowest BCUT2D eigenvalue weighted by Gasteiger charge is -2.16. The van der Waals surface area contributed by atoms with Crippen LogP contribution in [0.15, 0.2) is 88.3 Å². The first-order chi connectivity index (χ1) is 16.0. The number of halogens is 1. The summed E-state index contributed by atoms with van der Waals surface area (Å²) in [5.41, 5.74) is 1.22. The van der Waals surface area contributed by atoms with Gasteiger partial charge >= 0.3 is 0 Å². The highest BCUT2D eigenvalue weighted by Gasteiger charge is 2.40. The number of rotatable bonds is 8. The van der Waals surface area contributed by atoms with E-state index >= 15 is 0 Å². The second-order valence-corrected chi connectivity index (χ2v) is 8.48. The molecule has 0 aromatic heterocycles. The number of para-hydroxylation sites is 2. The second kappa shape index (κ2) is 10.0. The van der Waals surface area contributed by atoms with Crippen molar-refractivity contribution in [1.82, 2.24) is 0 Å². The first-order valence-corrected chi connectivity index (χ1v) is 11.4. The molecule has 6 nitrogen and oxygen atoms in total. The molecule has 0 unspecified atom stereocenters. The van der Waals surface area contributed by atoms with Crippen LogP contribution in [0.1, 0.15) is 6.92 Å². The van der Waals surface area contributed by atoms with Gasteiger partial charge in [-0.3, -0.25) is 9.59 Å². The Morgan fingerprint density at radius 3 is 2.30 bits per heavy atom. The Labute approximate surface area is 201 Å². The van der Waals surface area contributed by atoms with E-state index in [1.165, 1.54) is 11.8 Å². The van der Waals surface area contributed by atoms with E-state index in [1.807, 2.05) is 19.1 Å². The average Bonchev–Trinajstić information content (AvgIpc) is 3.05. The molecule has 0 atom stereocenters. The molecule has 3 aromatic rings. The van der Waals surface area contributed by atoms with Crippen LogP contribution in [-0.2, 0) is 9.59 Å². The van der Waals surface area contributed by atoms with Crippen molar-refractivity contribution >= 4 is 46.6 Å². The molecular formula is C25H21ClN2O4S. The van der Waals surface area contributed by atoms with Crippen LogP contribution in [0.3, 0.4) is 0 Å². The van der Waals surface area contributed by atoms with Crippen LogP contribution in [0.4, 0.5) is 11.4 Å². The Bertz CT molecular complexity index is 1210. The van der Waals surface area contributed by atoms with E-state index in [-0.39, 0.29) is 10.6 Å². The summed E-state index contributed by atoms with van der Waals surface area (Å²) in [5, 5.41) is 3.71. The van der Waals surface area contributed by atoms with Crippen molar-refractivity contribution in [3.8, 4) is 11.5 Å². The van der Waals surface area contributed by atoms with Crippen LogP contribution >= 0.6 is 23.4 Å². The third-order valence-electron chi connectivity index (χ3n) is 4.85. The molecule has 1 aliphatic rings. The first kappa shape index (κ1) is 22.8. The van der Waals surface area contributed by atoms with Gasteiger partial charge in [-0.25, -0.2) is 4.90 Å². The number of carbonyl (C=O) groups excluding carboxylic acids is 2. The fraction of sp³-hybridized carbons (Fsp3) is 0.120. The number of amides is 2. The van der Waals surface area contributed by atoms with Crippen LogP contribution in [0, 0.1) is 0 Å². The van der Waals surface area contributed by atoms with Crippen LogP contribution in [0.25, 0.3) is 0 Å². The maximum atomic E-state index is 13.5. The summed E-state index contributed by atoms with van der Waals surface area (Å²) in [6, 6.07) is 21.2. The molecule has 0 spiro atoms. The molecule has 0 fully saturated rings. The number of thioether (sulfide) groups is 1. The zero-order valence-electron chi connectivity index (χ0n) is 18.0. The number of anilines is 2. The van der Waals surface area contributed by atoms with Gasteiger partial charge in [0.25, 0.3) is 11.8 Å². The van der Waals surface area contributed by atoms with Crippen LogP contribution < -0.4 is 19.7 Å². The van der Waals surface area contributed by atoms with Gasteiger partial charge in [0.2, 0.25) is 0 Å². The molecule has 0 aliphatic carbocycles. The largest absolute Gasteiger partial charge is 0.495 e. The molecule has 0 radical (unpaired) electrons. The van der Waals surface area contributed by atoms with E-state index in [1.54, 1.807) is 67.8 Å².